The molecule has 0 radical (unpaired) electrons. The molecular formula is C12H18N4Pt. The third kappa shape index (κ3) is 53.0. The van der Waals surface area contributed by atoms with E-state index in [0.717, 1.165) is 12.8 Å². The number of nitrogens with zero attached hydrogens (tertiary/aromatic N) is 4. The number of hydrogen-bond acceptors (Lipinski definition) is 2. The van der Waals surface area contributed by atoms with Gasteiger partial charge in [-0.05, 0) is 0 Å². The number of hydrogen-bond donors (Lipinski definition) is 0. The molecule has 0 amide bonds. The molecule has 96 valence electrons. The van der Waals surface area contributed by atoms with Gasteiger partial charge in [-0.25, -0.2) is 13.1 Å². The quantitative estimate of drug-likeness (QED) is 0.650. The average Bonchev–Trinajstić information content (AvgIpc) is 2.41. The van der Waals surface area contributed by atoms with E-state index in [1.54, 1.807) is 0 Å². The molecule has 0 saturated heterocycles. The Hall–Kier alpha value is -1.35. The maximum absolute atomic E-state index is 6.43. The minimum absolute atomic E-state index is 0. The van der Waals surface area contributed by atoms with Crippen molar-refractivity contribution in [1.29, 1.82) is 10.5 Å². The average molecular weight is 413 g/mol. The van der Waals surface area contributed by atoms with E-state index in [1.165, 1.54) is 0 Å². The molecule has 17 heavy (non-hydrogen) atoms. The van der Waals surface area contributed by atoms with Crippen LogP contribution in [0.3, 0.4) is 0 Å². The first-order valence-electron chi connectivity index (χ1n) is 4.80. The van der Waals surface area contributed by atoms with Gasteiger partial charge in [0.15, 0.2) is 0 Å². The first kappa shape index (κ1) is 29.6. The first-order chi connectivity index (χ1) is 7.62. The van der Waals surface area contributed by atoms with Crippen molar-refractivity contribution < 1.29 is 21.1 Å². The van der Waals surface area contributed by atoms with Crippen LogP contribution in [0.2, 0.25) is 0 Å². The minimum atomic E-state index is 0. The summed E-state index contributed by atoms with van der Waals surface area (Å²) in [6.45, 7) is 30.2. The van der Waals surface area contributed by atoms with Gasteiger partial charge in [0, 0.05) is 26.7 Å². The molecule has 0 saturated carbocycles. The summed E-state index contributed by atoms with van der Waals surface area (Å²) in [4.78, 5) is 6.51. The standard InChI is InChI=1S/2C5H9N.2CN.Pt/c2*1-4-5(2)6-3;2*1-2;/h2*5H,4H2,1-2H3;;;/q;;2*-1;+2. The van der Waals surface area contributed by atoms with Crippen LogP contribution in [0.25, 0.3) is 9.69 Å². The fourth-order valence-corrected chi connectivity index (χ4v) is 0.183. The summed E-state index contributed by atoms with van der Waals surface area (Å²) in [5, 5.41) is 12.5. The largest absolute Gasteiger partial charge is 2.00 e. The number of rotatable bonds is 2. The zero-order valence-electron chi connectivity index (χ0n) is 10.7. The molecule has 2 atom stereocenters. The Bertz CT molecular complexity index is 208. The van der Waals surface area contributed by atoms with Gasteiger partial charge in [-0.15, -0.1) is 0 Å². The van der Waals surface area contributed by atoms with Crippen LogP contribution in [0, 0.1) is 36.8 Å². The molecule has 0 N–H and O–H groups in total. The molecular weight excluding hydrogens is 395 g/mol. The van der Waals surface area contributed by atoms with E-state index in [0.29, 0.717) is 0 Å². The van der Waals surface area contributed by atoms with Crippen LogP contribution in [0.5, 0.6) is 0 Å². The van der Waals surface area contributed by atoms with E-state index >= 15 is 0 Å². The van der Waals surface area contributed by atoms with Crippen LogP contribution >= 0.6 is 0 Å². The van der Waals surface area contributed by atoms with Crippen molar-refractivity contribution in [3.63, 3.8) is 0 Å². The Labute approximate surface area is 120 Å². The first-order valence-corrected chi connectivity index (χ1v) is 4.80. The fourth-order valence-electron chi connectivity index (χ4n) is 0.183. The van der Waals surface area contributed by atoms with Gasteiger partial charge in [0.05, 0.1) is 0 Å². The van der Waals surface area contributed by atoms with Crippen molar-refractivity contribution in [3.05, 3.63) is 36.0 Å². The smallest absolute Gasteiger partial charge is 0.512 e. The van der Waals surface area contributed by atoms with Gasteiger partial charge in [-0.1, -0.05) is 13.8 Å². The van der Waals surface area contributed by atoms with Gasteiger partial charge in [0.25, 0.3) is 0 Å². The summed E-state index contributed by atoms with van der Waals surface area (Å²) in [5.74, 6) is 0. The molecule has 5 heteroatoms. The molecule has 0 aromatic carbocycles. The summed E-state index contributed by atoms with van der Waals surface area (Å²) in [6, 6.07) is 0.454. The summed E-state index contributed by atoms with van der Waals surface area (Å²) in [6.07, 6.45) is 1.95. The van der Waals surface area contributed by atoms with Crippen molar-refractivity contribution in [2.45, 2.75) is 52.6 Å². The molecule has 0 bridgehead atoms. The molecule has 4 nitrogen and oxygen atoms in total. The van der Waals surface area contributed by atoms with E-state index in [9.17, 15) is 0 Å². The SMILES string of the molecule is [C-]#N.[C-]#N.[C-]#[N+]C(C)CC.[C-]#[N+]C(C)CC.[Pt+2]. The molecule has 0 heterocycles. The van der Waals surface area contributed by atoms with E-state index in [-0.39, 0.29) is 33.1 Å². The van der Waals surface area contributed by atoms with Crippen LogP contribution in [0.15, 0.2) is 0 Å². The van der Waals surface area contributed by atoms with Crippen molar-refractivity contribution in [3.8, 4) is 0 Å². The molecule has 0 aliphatic rings. The van der Waals surface area contributed by atoms with Gasteiger partial charge in [0.1, 0.15) is 0 Å². The Kier molecular flexibility index (Phi) is 63.5. The molecule has 0 rings (SSSR count). The second-order valence-corrected chi connectivity index (χ2v) is 2.77. The molecule has 0 fully saturated rings. The normalized spacial score (nSPS) is 9.29. The van der Waals surface area contributed by atoms with Gasteiger partial charge < -0.3 is 33.4 Å². The fraction of sp³-hybridized carbons (Fsp3) is 0.667. The zero-order chi connectivity index (χ0) is 14.0. The maximum atomic E-state index is 6.43. The summed E-state index contributed by atoms with van der Waals surface area (Å²) in [5.41, 5.74) is 0. The van der Waals surface area contributed by atoms with Crippen LogP contribution in [-0.4, -0.2) is 12.1 Å². The molecule has 0 aromatic heterocycles. The third-order valence-electron chi connectivity index (χ3n) is 1.62. The summed E-state index contributed by atoms with van der Waals surface area (Å²) < 4.78 is 0. The Morgan fingerprint density at radius 3 is 1.00 bits per heavy atom. The molecule has 2 unspecified atom stereocenters. The van der Waals surface area contributed by atoms with E-state index in [2.05, 4.69) is 9.69 Å². The molecule has 0 aromatic rings. The van der Waals surface area contributed by atoms with E-state index in [4.69, 9.17) is 36.8 Å². The van der Waals surface area contributed by atoms with Gasteiger partial charge in [-0.3, -0.25) is 0 Å². The van der Waals surface area contributed by atoms with Crippen LogP contribution < -0.4 is 0 Å². The zero-order valence-corrected chi connectivity index (χ0v) is 12.9. The summed E-state index contributed by atoms with van der Waals surface area (Å²) in [7, 11) is 0. The van der Waals surface area contributed by atoms with Crippen LogP contribution in [-0.2, 0) is 21.1 Å². The van der Waals surface area contributed by atoms with Crippen LogP contribution in [0.4, 0.5) is 0 Å². The monoisotopic (exact) mass is 413 g/mol. The second-order valence-electron chi connectivity index (χ2n) is 2.77. The van der Waals surface area contributed by atoms with E-state index < -0.39 is 0 Å². The van der Waals surface area contributed by atoms with Crippen molar-refractivity contribution in [2.24, 2.45) is 0 Å². The minimum Gasteiger partial charge on any atom is -0.512 e. The van der Waals surface area contributed by atoms with Gasteiger partial charge in [-0.2, -0.15) is 0 Å². The summed E-state index contributed by atoms with van der Waals surface area (Å²) >= 11 is 0. The van der Waals surface area contributed by atoms with Crippen molar-refractivity contribution in [2.75, 3.05) is 0 Å². The maximum Gasteiger partial charge on any atom is 2.00 e. The Balaban J connectivity index is -0.0000000417. The van der Waals surface area contributed by atoms with E-state index in [1.807, 2.05) is 27.7 Å². The topological polar surface area (TPSA) is 56.3 Å². The molecule has 0 aliphatic heterocycles. The van der Waals surface area contributed by atoms with Crippen molar-refractivity contribution in [1.82, 2.24) is 0 Å². The van der Waals surface area contributed by atoms with Gasteiger partial charge >= 0.3 is 21.1 Å². The second kappa shape index (κ2) is 36.5. The van der Waals surface area contributed by atoms with Crippen LogP contribution in [0.1, 0.15) is 40.5 Å². The van der Waals surface area contributed by atoms with Gasteiger partial charge in [0.2, 0.25) is 12.1 Å². The van der Waals surface area contributed by atoms with Crippen molar-refractivity contribution >= 4 is 0 Å². The Morgan fingerprint density at radius 1 is 0.824 bits per heavy atom. The molecule has 0 aliphatic carbocycles. The predicted octanol–water partition coefficient (Wildman–Crippen LogP) is 3.60. The Morgan fingerprint density at radius 2 is 1.00 bits per heavy atom. The predicted molar refractivity (Wildman–Crippen MR) is 62.6 cm³/mol. The molecule has 0 spiro atoms. The third-order valence-corrected chi connectivity index (χ3v) is 1.62.